The Morgan fingerprint density at radius 1 is 1.57 bits per heavy atom. The highest BCUT2D eigenvalue weighted by Gasteiger charge is 2.09. The number of carboxylic acid groups (broad SMARTS) is 1. The standard InChI is InChI=1S/C9H14N2O3/c1-3-4-10-6-8(12)11-7(2)5-9(13)14/h1,7,10H,4-6H2,2H3,(H,11,12)(H,13,14). The molecule has 78 valence electrons. The van der Waals surface area contributed by atoms with Gasteiger partial charge in [-0.25, -0.2) is 0 Å². The van der Waals surface area contributed by atoms with E-state index in [0.717, 1.165) is 0 Å². The van der Waals surface area contributed by atoms with Crippen LogP contribution in [0.25, 0.3) is 0 Å². The van der Waals surface area contributed by atoms with Gasteiger partial charge in [0.25, 0.3) is 0 Å². The highest BCUT2D eigenvalue weighted by Crippen LogP contribution is 1.89. The van der Waals surface area contributed by atoms with Crippen LogP contribution in [0.15, 0.2) is 0 Å². The third-order valence-electron chi connectivity index (χ3n) is 1.40. The number of terminal acetylenes is 1. The molecule has 0 aliphatic rings. The van der Waals surface area contributed by atoms with Gasteiger partial charge in [-0.3, -0.25) is 14.9 Å². The summed E-state index contributed by atoms with van der Waals surface area (Å²) in [6.07, 6.45) is 4.88. The summed E-state index contributed by atoms with van der Waals surface area (Å²) >= 11 is 0. The lowest BCUT2D eigenvalue weighted by atomic mass is 10.2. The van der Waals surface area contributed by atoms with Gasteiger partial charge < -0.3 is 10.4 Å². The molecule has 0 saturated heterocycles. The van der Waals surface area contributed by atoms with Crippen molar-refractivity contribution < 1.29 is 14.7 Å². The Labute approximate surface area is 82.9 Å². The van der Waals surface area contributed by atoms with Crippen LogP contribution in [0.2, 0.25) is 0 Å². The minimum absolute atomic E-state index is 0.0825. The van der Waals surface area contributed by atoms with Crippen LogP contribution in [0.5, 0.6) is 0 Å². The fourth-order valence-corrected chi connectivity index (χ4v) is 0.887. The quantitative estimate of drug-likeness (QED) is 0.385. The minimum Gasteiger partial charge on any atom is -0.481 e. The summed E-state index contributed by atoms with van der Waals surface area (Å²) < 4.78 is 0. The Hall–Kier alpha value is -1.54. The van der Waals surface area contributed by atoms with E-state index in [4.69, 9.17) is 11.5 Å². The van der Waals surface area contributed by atoms with Crippen LogP contribution in [0.1, 0.15) is 13.3 Å². The van der Waals surface area contributed by atoms with E-state index in [1.807, 2.05) is 0 Å². The topological polar surface area (TPSA) is 78.4 Å². The smallest absolute Gasteiger partial charge is 0.305 e. The van der Waals surface area contributed by atoms with Crippen molar-refractivity contribution in [3.8, 4) is 12.3 Å². The summed E-state index contributed by atoms with van der Waals surface area (Å²) in [4.78, 5) is 21.3. The largest absolute Gasteiger partial charge is 0.481 e. The second kappa shape index (κ2) is 6.92. The number of aliphatic carboxylic acids is 1. The van der Waals surface area contributed by atoms with Gasteiger partial charge in [-0.1, -0.05) is 5.92 Å². The van der Waals surface area contributed by atoms with Crippen molar-refractivity contribution in [1.29, 1.82) is 0 Å². The molecule has 0 bridgehead atoms. The molecule has 0 spiro atoms. The Kier molecular flexibility index (Phi) is 6.16. The third-order valence-corrected chi connectivity index (χ3v) is 1.40. The van der Waals surface area contributed by atoms with Crippen LogP contribution < -0.4 is 10.6 Å². The molecule has 0 aromatic heterocycles. The fourth-order valence-electron chi connectivity index (χ4n) is 0.887. The first-order valence-corrected chi connectivity index (χ1v) is 4.21. The Balaban J connectivity index is 3.61. The SMILES string of the molecule is C#CCNCC(=O)NC(C)CC(=O)O. The minimum atomic E-state index is -0.936. The van der Waals surface area contributed by atoms with Gasteiger partial charge >= 0.3 is 5.97 Å². The molecule has 1 unspecified atom stereocenters. The van der Waals surface area contributed by atoms with Crippen molar-refractivity contribution in [2.45, 2.75) is 19.4 Å². The van der Waals surface area contributed by atoms with E-state index in [1.165, 1.54) is 0 Å². The van der Waals surface area contributed by atoms with Crippen molar-refractivity contribution in [3.05, 3.63) is 0 Å². The van der Waals surface area contributed by atoms with Crippen molar-refractivity contribution in [2.75, 3.05) is 13.1 Å². The maximum atomic E-state index is 11.1. The summed E-state index contributed by atoms with van der Waals surface area (Å²) in [6, 6.07) is -0.368. The Bertz CT molecular complexity index is 245. The monoisotopic (exact) mass is 198 g/mol. The van der Waals surface area contributed by atoms with E-state index in [1.54, 1.807) is 6.92 Å². The van der Waals surface area contributed by atoms with Crippen LogP contribution in [0, 0.1) is 12.3 Å². The molecule has 0 heterocycles. The third kappa shape index (κ3) is 7.13. The van der Waals surface area contributed by atoms with Crippen LogP contribution in [0.3, 0.4) is 0 Å². The molecule has 14 heavy (non-hydrogen) atoms. The zero-order valence-electron chi connectivity index (χ0n) is 8.04. The molecule has 0 rings (SSSR count). The zero-order valence-corrected chi connectivity index (χ0v) is 8.04. The Morgan fingerprint density at radius 2 is 2.21 bits per heavy atom. The molecule has 0 aromatic rings. The summed E-state index contributed by atoms with van der Waals surface area (Å²) in [5.41, 5.74) is 0. The van der Waals surface area contributed by atoms with E-state index in [-0.39, 0.29) is 24.9 Å². The number of amides is 1. The predicted molar refractivity (Wildman–Crippen MR) is 51.6 cm³/mol. The first-order valence-electron chi connectivity index (χ1n) is 4.21. The van der Waals surface area contributed by atoms with Gasteiger partial charge in [-0.15, -0.1) is 6.42 Å². The van der Waals surface area contributed by atoms with Crippen molar-refractivity contribution in [2.24, 2.45) is 0 Å². The first-order chi connectivity index (χ1) is 6.56. The van der Waals surface area contributed by atoms with Gasteiger partial charge in [0.15, 0.2) is 0 Å². The summed E-state index contributed by atoms with van der Waals surface area (Å²) in [5, 5.41) is 13.6. The van der Waals surface area contributed by atoms with Crippen LogP contribution in [0.4, 0.5) is 0 Å². The molecule has 0 aliphatic heterocycles. The van der Waals surface area contributed by atoms with Gasteiger partial charge in [0.1, 0.15) is 0 Å². The average Bonchev–Trinajstić information content (AvgIpc) is 2.02. The highest BCUT2D eigenvalue weighted by molar-refractivity contribution is 5.79. The van der Waals surface area contributed by atoms with E-state index in [2.05, 4.69) is 16.6 Å². The summed E-state index contributed by atoms with van der Waals surface area (Å²) in [5.74, 6) is 1.13. The van der Waals surface area contributed by atoms with E-state index < -0.39 is 5.97 Å². The molecule has 0 aliphatic carbocycles. The molecule has 0 radical (unpaired) electrons. The summed E-state index contributed by atoms with van der Waals surface area (Å²) in [6.45, 7) is 2.06. The highest BCUT2D eigenvalue weighted by atomic mass is 16.4. The second-order valence-electron chi connectivity index (χ2n) is 2.87. The first kappa shape index (κ1) is 12.5. The van der Waals surface area contributed by atoms with Crippen molar-refractivity contribution in [1.82, 2.24) is 10.6 Å². The zero-order chi connectivity index (χ0) is 11.0. The molecular weight excluding hydrogens is 184 g/mol. The molecule has 0 saturated carbocycles. The van der Waals surface area contributed by atoms with Crippen LogP contribution in [-0.2, 0) is 9.59 Å². The van der Waals surface area contributed by atoms with Gasteiger partial charge in [-0.2, -0.15) is 0 Å². The second-order valence-corrected chi connectivity index (χ2v) is 2.87. The molecule has 1 atom stereocenters. The Morgan fingerprint density at radius 3 is 2.71 bits per heavy atom. The lowest BCUT2D eigenvalue weighted by molar-refractivity contribution is -0.137. The maximum absolute atomic E-state index is 11.1. The maximum Gasteiger partial charge on any atom is 0.305 e. The molecular formula is C9H14N2O3. The number of hydrogen-bond acceptors (Lipinski definition) is 3. The van der Waals surface area contributed by atoms with Gasteiger partial charge in [0.2, 0.25) is 5.91 Å². The van der Waals surface area contributed by atoms with E-state index >= 15 is 0 Å². The van der Waals surface area contributed by atoms with Gasteiger partial charge in [0.05, 0.1) is 19.5 Å². The predicted octanol–water partition coefficient (Wildman–Crippen LogP) is -0.811. The van der Waals surface area contributed by atoms with E-state index in [9.17, 15) is 9.59 Å². The molecule has 0 fully saturated rings. The molecule has 1 amide bonds. The number of rotatable bonds is 6. The van der Waals surface area contributed by atoms with Crippen molar-refractivity contribution >= 4 is 11.9 Å². The van der Waals surface area contributed by atoms with Crippen LogP contribution in [-0.4, -0.2) is 36.1 Å². The number of carboxylic acids is 1. The molecule has 5 heteroatoms. The number of nitrogens with one attached hydrogen (secondary N) is 2. The lowest BCUT2D eigenvalue weighted by Crippen LogP contribution is -2.40. The number of hydrogen-bond donors (Lipinski definition) is 3. The van der Waals surface area contributed by atoms with E-state index in [0.29, 0.717) is 6.54 Å². The summed E-state index contributed by atoms with van der Waals surface area (Å²) in [7, 11) is 0. The van der Waals surface area contributed by atoms with Crippen LogP contribution >= 0.6 is 0 Å². The normalized spacial score (nSPS) is 11.4. The lowest BCUT2D eigenvalue weighted by Gasteiger charge is -2.11. The fraction of sp³-hybridized carbons (Fsp3) is 0.556. The number of carbonyl (C=O) groups is 2. The average molecular weight is 198 g/mol. The molecule has 5 nitrogen and oxygen atoms in total. The molecule has 0 aromatic carbocycles. The van der Waals surface area contributed by atoms with Crippen molar-refractivity contribution in [3.63, 3.8) is 0 Å². The van der Waals surface area contributed by atoms with Gasteiger partial charge in [-0.05, 0) is 6.92 Å². The molecule has 3 N–H and O–H groups in total. The number of carbonyl (C=O) groups excluding carboxylic acids is 1. The van der Waals surface area contributed by atoms with Gasteiger partial charge in [0, 0.05) is 6.04 Å².